The van der Waals surface area contributed by atoms with E-state index >= 15 is 0 Å². The molecule has 0 unspecified atom stereocenters. The maximum atomic E-state index is 5.89. The molecule has 0 aliphatic carbocycles. The molecular weight excluding hydrogens is 384 g/mol. The van der Waals surface area contributed by atoms with E-state index in [0.29, 0.717) is 0 Å². The van der Waals surface area contributed by atoms with Crippen LogP contribution in [0.1, 0.15) is 81.1 Å². The highest BCUT2D eigenvalue weighted by molar-refractivity contribution is 6.36. The number of hydrogen-bond acceptors (Lipinski definition) is 4. The van der Waals surface area contributed by atoms with Gasteiger partial charge in [-0.05, 0) is 68.2 Å². The molecule has 0 rings (SSSR count). The second-order valence-electron chi connectivity index (χ2n) is 9.00. The lowest BCUT2D eigenvalue weighted by Crippen LogP contribution is -2.24. The fourth-order valence-corrected chi connectivity index (χ4v) is 6.60. The Kier molecular flexibility index (Phi) is 18.3. The molecule has 0 radical (unpaired) electrons. The van der Waals surface area contributed by atoms with Crippen molar-refractivity contribution in [3.8, 4) is 0 Å². The molecule has 6 heteroatoms. The van der Waals surface area contributed by atoms with Crippen LogP contribution in [0.3, 0.4) is 0 Å². The van der Waals surface area contributed by atoms with Crippen LogP contribution < -0.4 is 0 Å². The summed E-state index contributed by atoms with van der Waals surface area (Å²) in [5.74, 6) is 0. The van der Waals surface area contributed by atoms with Gasteiger partial charge in [0, 0.05) is 19.0 Å². The summed E-state index contributed by atoms with van der Waals surface area (Å²) in [5.41, 5.74) is 0. The second kappa shape index (κ2) is 18.1. The minimum atomic E-state index is -0.00558. The molecule has 0 aliphatic heterocycles. The van der Waals surface area contributed by atoms with E-state index in [9.17, 15) is 0 Å². The van der Waals surface area contributed by atoms with Crippen LogP contribution in [-0.2, 0) is 18.9 Å². The average molecular weight is 435 g/mol. The molecule has 0 bridgehead atoms. The van der Waals surface area contributed by atoms with Crippen molar-refractivity contribution in [2.75, 3.05) is 0 Å². The van der Waals surface area contributed by atoms with Gasteiger partial charge in [-0.25, -0.2) is 0 Å². The fourth-order valence-electron chi connectivity index (χ4n) is 3.23. The van der Waals surface area contributed by atoms with E-state index in [1.165, 1.54) is 37.0 Å². The van der Waals surface area contributed by atoms with Crippen LogP contribution >= 0.6 is 0 Å². The molecule has 0 atom stereocenters. The minimum absolute atomic E-state index is 0.00558. The molecule has 170 valence electrons. The Hall–Kier alpha value is 0.274. The molecule has 0 aromatic heterocycles. The molecule has 0 fully saturated rings. The maximum Gasteiger partial charge on any atom is 0.157 e. The summed E-state index contributed by atoms with van der Waals surface area (Å²) in [6, 6.07) is 5.62. The van der Waals surface area contributed by atoms with E-state index in [-0.39, 0.29) is 56.0 Å². The Labute approximate surface area is 180 Å². The first-order valence-corrected chi connectivity index (χ1v) is 15.8. The van der Waals surface area contributed by atoms with Gasteiger partial charge in [-0.15, -0.1) is 0 Å². The van der Waals surface area contributed by atoms with Gasteiger partial charge in [0.1, 0.15) is 0 Å². The van der Waals surface area contributed by atoms with Crippen molar-refractivity contribution in [2.45, 2.75) is 142 Å². The zero-order valence-corrected chi connectivity index (χ0v) is 23.0. The summed E-state index contributed by atoms with van der Waals surface area (Å²) in [5, 5.41) is 0. The van der Waals surface area contributed by atoms with Crippen LogP contribution in [0.25, 0.3) is 0 Å². The monoisotopic (exact) mass is 434 g/mol. The predicted molar refractivity (Wildman–Crippen MR) is 127 cm³/mol. The minimum Gasteiger partial charge on any atom is -0.350 e. The van der Waals surface area contributed by atoms with Crippen LogP contribution in [0.5, 0.6) is 0 Å². The predicted octanol–water partition coefficient (Wildman–Crippen LogP) is 4.91. The van der Waals surface area contributed by atoms with Crippen LogP contribution in [-0.4, -0.2) is 56.0 Å². The summed E-state index contributed by atoms with van der Waals surface area (Å²) in [6.45, 7) is 16.7. The van der Waals surface area contributed by atoms with Crippen molar-refractivity contribution >= 4 is 19.0 Å². The van der Waals surface area contributed by atoms with E-state index in [4.69, 9.17) is 18.9 Å². The first-order chi connectivity index (χ1) is 13.2. The number of rotatable bonds is 19. The average Bonchev–Trinajstić information content (AvgIpc) is 2.54. The molecule has 0 heterocycles. The smallest absolute Gasteiger partial charge is 0.157 e. The Morgan fingerprint density at radius 3 is 1.00 bits per heavy atom. The summed E-state index contributed by atoms with van der Waals surface area (Å²) in [7, 11) is 0.0761. The molecule has 0 N–H and O–H groups in total. The molecule has 28 heavy (non-hydrogen) atoms. The number of ether oxygens (including phenoxy) is 4. The normalized spacial score (nSPS) is 13.5. The zero-order valence-electron chi connectivity index (χ0n) is 20.2. The number of unbranched alkanes of at least 4 members (excludes halogenated alkanes) is 1. The third-order valence-electron chi connectivity index (χ3n) is 4.33. The summed E-state index contributed by atoms with van der Waals surface area (Å²) in [6.07, 6.45) is 5.96. The van der Waals surface area contributed by atoms with Gasteiger partial charge in [0.15, 0.2) is 12.6 Å². The molecule has 0 aromatic carbocycles. The van der Waals surface area contributed by atoms with Gasteiger partial charge in [0.05, 0.1) is 24.4 Å². The highest BCUT2D eigenvalue weighted by Gasteiger charge is 2.14. The van der Waals surface area contributed by atoms with E-state index in [0.717, 1.165) is 12.8 Å². The number of hydrogen-bond donors (Lipinski definition) is 0. The second-order valence-corrected chi connectivity index (χ2v) is 13.2. The lowest BCUT2D eigenvalue weighted by Gasteiger charge is -2.23. The van der Waals surface area contributed by atoms with Crippen LogP contribution in [0.15, 0.2) is 0 Å². The lowest BCUT2D eigenvalue weighted by molar-refractivity contribution is -0.181. The lowest BCUT2D eigenvalue weighted by atomic mass is 10.4. The third kappa shape index (κ3) is 19.6. The quantitative estimate of drug-likeness (QED) is 0.164. The molecule has 0 aliphatic rings. The Bertz CT molecular complexity index is 286. The van der Waals surface area contributed by atoms with E-state index in [1.807, 2.05) is 0 Å². The van der Waals surface area contributed by atoms with Gasteiger partial charge in [-0.3, -0.25) is 0 Å². The van der Waals surface area contributed by atoms with E-state index < -0.39 is 0 Å². The molecule has 0 saturated carbocycles. The van der Waals surface area contributed by atoms with Gasteiger partial charge in [-0.2, -0.15) is 0 Å². The SMILES string of the molecule is CC(C)OC(CC[SiH2]CCCC[SiH2]CCC(OC(C)C)OC(C)C)OC(C)C. The summed E-state index contributed by atoms with van der Waals surface area (Å²) >= 11 is 0. The van der Waals surface area contributed by atoms with Crippen molar-refractivity contribution in [1.29, 1.82) is 0 Å². The standard InChI is InChI=1S/C22H50O4Si2/c1-17(2)23-21(24-18(3)4)11-15-27-13-9-10-14-28-16-12-22(25-19(5)6)26-20(7)8/h17-22H,9-16,27-28H2,1-8H3. The van der Waals surface area contributed by atoms with Crippen molar-refractivity contribution < 1.29 is 18.9 Å². The molecule has 0 saturated heterocycles. The molecule has 0 spiro atoms. The van der Waals surface area contributed by atoms with Gasteiger partial charge in [0.2, 0.25) is 0 Å². The fraction of sp³-hybridized carbons (Fsp3) is 1.00. The molecule has 4 nitrogen and oxygen atoms in total. The van der Waals surface area contributed by atoms with Crippen molar-refractivity contribution in [1.82, 2.24) is 0 Å². The Morgan fingerprint density at radius 1 is 0.464 bits per heavy atom. The van der Waals surface area contributed by atoms with Gasteiger partial charge in [-0.1, -0.05) is 37.0 Å². The first-order valence-electron chi connectivity index (χ1n) is 11.8. The first kappa shape index (κ1) is 28.3. The maximum absolute atomic E-state index is 5.89. The zero-order chi connectivity index (χ0) is 21.4. The third-order valence-corrected chi connectivity index (χ3v) is 8.14. The van der Waals surface area contributed by atoms with Gasteiger partial charge >= 0.3 is 0 Å². The van der Waals surface area contributed by atoms with Crippen molar-refractivity contribution in [3.05, 3.63) is 0 Å². The molecular formula is C22H50O4Si2. The largest absolute Gasteiger partial charge is 0.350 e. The van der Waals surface area contributed by atoms with E-state index in [1.54, 1.807) is 0 Å². The molecule has 0 amide bonds. The van der Waals surface area contributed by atoms with E-state index in [2.05, 4.69) is 55.4 Å². The van der Waals surface area contributed by atoms with Crippen LogP contribution in [0.4, 0.5) is 0 Å². The highest BCUT2D eigenvalue weighted by atomic mass is 28.2. The van der Waals surface area contributed by atoms with Gasteiger partial charge in [0.25, 0.3) is 0 Å². The highest BCUT2D eigenvalue weighted by Crippen LogP contribution is 2.14. The van der Waals surface area contributed by atoms with Crippen molar-refractivity contribution in [2.24, 2.45) is 0 Å². The topological polar surface area (TPSA) is 36.9 Å². The van der Waals surface area contributed by atoms with Gasteiger partial charge < -0.3 is 18.9 Å². The van der Waals surface area contributed by atoms with Crippen LogP contribution in [0.2, 0.25) is 24.2 Å². The summed E-state index contributed by atoms with van der Waals surface area (Å²) < 4.78 is 23.5. The van der Waals surface area contributed by atoms with Crippen LogP contribution in [0, 0.1) is 0 Å². The molecule has 0 aromatic rings. The Balaban J connectivity index is 3.66. The summed E-state index contributed by atoms with van der Waals surface area (Å²) in [4.78, 5) is 0. The Morgan fingerprint density at radius 2 is 0.750 bits per heavy atom. The van der Waals surface area contributed by atoms with Crippen molar-refractivity contribution in [3.63, 3.8) is 0 Å².